The minimum atomic E-state index is -4.84. The second-order valence-corrected chi connectivity index (χ2v) is 13.4. The van der Waals surface area contributed by atoms with E-state index in [2.05, 4.69) is 27.2 Å². The third-order valence-electron chi connectivity index (χ3n) is 10.4. The fraction of sp³-hybridized carbons (Fsp3) is 0.594. The number of nitrogen functional groups attached to an aromatic ring is 2. The zero-order chi connectivity index (χ0) is 32.7. The van der Waals surface area contributed by atoms with E-state index in [1.807, 2.05) is 11.8 Å². The first-order chi connectivity index (χ1) is 21.8. The lowest BCUT2D eigenvalue weighted by molar-refractivity contribution is -0.137. The van der Waals surface area contributed by atoms with E-state index in [0.717, 1.165) is 38.3 Å². The molecular formula is C32H38F5N7O2. The van der Waals surface area contributed by atoms with Gasteiger partial charge in [0.15, 0.2) is 5.82 Å². The summed E-state index contributed by atoms with van der Waals surface area (Å²) in [6.07, 6.45) is -2.50. The molecule has 5 heterocycles. The van der Waals surface area contributed by atoms with Gasteiger partial charge in [-0.3, -0.25) is 4.90 Å². The number of halogens is 5. The SMILES string of the molecule is CC[C@@H]1N[C@H]2CC2[C@@H]1[C@H](C)Oc1nc(-c2cc(N)cc(C)c2C(F)(F)F)c(F)c2nc(OC[C@@]34CCCN3C[C@H](F)C4)nc(N)c12. The molecule has 0 amide bonds. The highest BCUT2D eigenvalue weighted by Crippen LogP contribution is 2.49. The minimum Gasteiger partial charge on any atom is -0.474 e. The van der Waals surface area contributed by atoms with Crippen molar-refractivity contribution in [3.8, 4) is 23.1 Å². The fourth-order valence-corrected chi connectivity index (χ4v) is 8.34. The highest BCUT2D eigenvalue weighted by Gasteiger charge is 2.55. The topological polar surface area (TPSA) is 124 Å². The molecule has 14 heteroatoms. The smallest absolute Gasteiger partial charge is 0.417 e. The summed E-state index contributed by atoms with van der Waals surface area (Å²) >= 11 is 0. The van der Waals surface area contributed by atoms with Crippen LogP contribution in [0.1, 0.15) is 57.1 Å². The summed E-state index contributed by atoms with van der Waals surface area (Å²) in [5.41, 5.74) is 9.02. The summed E-state index contributed by atoms with van der Waals surface area (Å²) in [6.45, 7) is 6.31. The Kier molecular flexibility index (Phi) is 7.46. The van der Waals surface area contributed by atoms with Crippen molar-refractivity contribution in [2.75, 3.05) is 31.2 Å². The number of hydrogen-bond donors (Lipinski definition) is 3. The van der Waals surface area contributed by atoms with Gasteiger partial charge in [-0.15, -0.1) is 0 Å². The number of nitrogens with one attached hydrogen (secondary N) is 1. The van der Waals surface area contributed by atoms with E-state index < -0.39 is 46.6 Å². The summed E-state index contributed by atoms with van der Waals surface area (Å²) in [6, 6.07) is 2.54. The molecule has 3 saturated heterocycles. The van der Waals surface area contributed by atoms with Crippen molar-refractivity contribution in [2.24, 2.45) is 11.8 Å². The van der Waals surface area contributed by atoms with Crippen LogP contribution in [0.2, 0.25) is 0 Å². The number of nitrogens with zero attached hydrogens (tertiary/aromatic N) is 4. The Labute approximate surface area is 263 Å². The number of ether oxygens (including phenoxy) is 2. The van der Waals surface area contributed by atoms with Gasteiger partial charge in [-0.1, -0.05) is 6.92 Å². The van der Waals surface area contributed by atoms with Crippen LogP contribution in [0.3, 0.4) is 0 Å². The number of hydrogen-bond acceptors (Lipinski definition) is 9. The first-order valence-electron chi connectivity index (χ1n) is 15.9. The van der Waals surface area contributed by atoms with Crippen LogP contribution in [0.25, 0.3) is 22.2 Å². The molecule has 7 atom stereocenters. The molecule has 1 saturated carbocycles. The van der Waals surface area contributed by atoms with Gasteiger partial charge in [0.2, 0.25) is 5.88 Å². The zero-order valence-electron chi connectivity index (χ0n) is 25.9. The molecule has 1 unspecified atom stereocenters. The minimum absolute atomic E-state index is 0.00885. The van der Waals surface area contributed by atoms with Gasteiger partial charge in [0, 0.05) is 42.2 Å². The molecule has 7 rings (SSSR count). The predicted molar refractivity (Wildman–Crippen MR) is 163 cm³/mol. The number of anilines is 2. The summed E-state index contributed by atoms with van der Waals surface area (Å²) in [4.78, 5) is 15.0. The average molecular weight is 648 g/mol. The molecule has 4 fully saturated rings. The Bertz CT molecular complexity index is 1690. The van der Waals surface area contributed by atoms with Gasteiger partial charge in [0.25, 0.3) is 0 Å². The number of pyridine rings is 1. The van der Waals surface area contributed by atoms with Gasteiger partial charge >= 0.3 is 12.2 Å². The van der Waals surface area contributed by atoms with Crippen molar-refractivity contribution in [2.45, 2.75) is 88.9 Å². The molecule has 0 bridgehead atoms. The van der Waals surface area contributed by atoms with E-state index in [4.69, 9.17) is 20.9 Å². The van der Waals surface area contributed by atoms with Crippen LogP contribution >= 0.6 is 0 Å². The first-order valence-corrected chi connectivity index (χ1v) is 15.9. The van der Waals surface area contributed by atoms with E-state index in [0.29, 0.717) is 24.9 Å². The van der Waals surface area contributed by atoms with E-state index in [1.165, 1.54) is 13.0 Å². The Hall–Kier alpha value is -3.52. The van der Waals surface area contributed by atoms with Crippen molar-refractivity contribution in [1.29, 1.82) is 0 Å². The third-order valence-corrected chi connectivity index (χ3v) is 10.4. The van der Waals surface area contributed by atoms with Crippen molar-refractivity contribution in [3.05, 3.63) is 29.1 Å². The van der Waals surface area contributed by atoms with E-state index in [9.17, 15) is 17.6 Å². The molecule has 248 valence electrons. The number of alkyl halides is 4. The maximum atomic E-state index is 16.6. The van der Waals surface area contributed by atoms with Crippen molar-refractivity contribution in [1.82, 2.24) is 25.2 Å². The van der Waals surface area contributed by atoms with Crippen LogP contribution in [-0.2, 0) is 6.18 Å². The van der Waals surface area contributed by atoms with Gasteiger partial charge < -0.3 is 26.3 Å². The van der Waals surface area contributed by atoms with Gasteiger partial charge in [0.05, 0.1) is 11.1 Å². The highest BCUT2D eigenvalue weighted by molar-refractivity contribution is 5.96. The number of piperidine rings is 1. The first kappa shape index (κ1) is 31.1. The summed E-state index contributed by atoms with van der Waals surface area (Å²) < 4.78 is 86.5. The summed E-state index contributed by atoms with van der Waals surface area (Å²) in [5.74, 6) is -1.03. The zero-order valence-corrected chi connectivity index (χ0v) is 25.9. The van der Waals surface area contributed by atoms with Crippen LogP contribution in [0.15, 0.2) is 12.1 Å². The largest absolute Gasteiger partial charge is 0.474 e. The number of aryl methyl sites for hydroxylation is 1. The van der Waals surface area contributed by atoms with Gasteiger partial charge in [-0.05, 0) is 69.7 Å². The predicted octanol–water partition coefficient (Wildman–Crippen LogP) is 5.43. The Morgan fingerprint density at radius 1 is 1.20 bits per heavy atom. The third kappa shape index (κ3) is 5.17. The molecular weight excluding hydrogens is 609 g/mol. The molecule has 5 N–H and O–H groups in total. The highest BCUT2D eigenvalue weighted by atomic mass is 19.4. The lowest BCUT2D eigenvalue weighted by Gasteiger charge is -2.30. The average Bonchev–Trinajstić information content (AvgIpc) is 3.29. The second-order valence-electron chi connectivity index (χ2n) is 13.4. The standard InChI is InChI=1S/C32H38F5N7O2/c1-4-20-22(18-10-21(18)40-20)15(3)46-29-23-27(25(34)26(41-29)19-9-17(38)8-14(2)24(19)32(35,36)37)42-30(43-28(23)39)45-13-31-6-5-7-44(31)12-16(33)11-31/h8-9,15-16,18,20-22,40H,4-7,10-13,38H2,1-3H3,(H2,39,42,43)/t15-,16+,18?,20-,21-,22-,31-/m0/s1. The number of fused-ring (bicyclic) bond motifs is 3. The van der Waals surface area contributed by atoms with Crippen LogP contribution in [0.4, 0.5) is 33.5 Å². The molecule has 46 heavy (non-hydrogen) atoms. The second kappa shape index (κ2) is 11.0. The van der Waals surface area contributed by atoms with E-state index in [-0.39, 0.29) is 58.4 Å². The van der Waals surface area contributed by atoms with Gasteiger partial charge in [0.1, 0.15) is 41.3 Å². The maximum Gasteiger partial charge on any atom is 0.417 e. The Balaban J connectivity index is 1.35. The van der Waals surface area contributed by atoms with Crippen molar-refractivity contribution < 1.29 is 31.4 Å². The van der Waals surface area contributed by atoms with Crippen molar-refractivity contribution in [3.63, 3.8) is 0 Å². The number of aromatic nitrogens is 3. The quantitative estimate of drug-likeness (QED) is 0.217. The molecule has 1 aliphatic carbocycles. The lowest BCUT2D eigenvalue weighted by atomic mass is 9.90. The monoisotopic (exact) mass is 647 g/mol. The van der Waals surface area contributed by atoms with Crippen LogP contribution < -0.4 is 26.3 Å². The van der Waals surface area contributed by atoms with Crippen LogP contribution in [0.5, 0.6) is 11.9 Å². The number of nitrogens with two attached hydrogens (primary N) is 2. The Morgan fingerprint density at radius 2 is 1.98 bits per heavy atom. The summed E-state index contributed by atoms with van der Waals surface area (Å²) in [5, 5.41) is 3.53. The van der Waals surface area contributed by atoms with Crippen molar-refractivity contribution >= 4 is 22.4 Å². The molecule has 2 aromatic heterocycles. The molecule has 3 aliphatic heterocycles. The number of benzene rings is 1. The molecule has 4 aliphatic rings. The van der Waals surface area contributed by atoms with Crippen LogP contribution in [-0.4, -0.2) is 69.4 Å². The number of rotatable bonds is 8. The molecule has 0 radical (unpaired) electrons. The van der Waals surface area contributed by atoms with E-state index in [1.54, 1.807) is 0 Å². The normalized spacial score (nSPS) is 29.6. The van der Waals surface area contributed by atoms with Gasteiger partial charge in [-0.25, -0.2) is 13.8 Å². The Morgan fingerprint density at radius 3 is 2.72 bits per heavy atom. The lowest BCUT2D eigenvalue weighted by Crippen LogP contribution is -2.43. The molecule has 0 spiro atoms. The molecule has 3 aromatic rings. The maximum absolute atomic E-state index is 16.6. The molecule has 1 aromatic carbocycles. The fourth-order valence-electron chi connectivity index (χ4n) is 8.34. The molecule has 9 nitrogen and oxygen atoms in total. The van der Waals surface area contributed by atoms with Gasteiger partial charge in [-0.2, -0.15) is 23.1 Å². The van der Waals surface area contributed by atoms with Crippen LogP contribution in [0, 0.1) is 24.6 Å². The summed E-state index contributed by atoms with van der Waals surface area (Å²) in [7, 11) is 0. The van der Waals surface area contributed by atoms with E-state index >= 15 is 4.39 Å².